The fourth-order valence-corrected chi connectivity index (χ4v) is 2.56. The average Bonchev–Trinajstić information content (AvgIpc) is 3.18. The molecule has 3 rings (SSSR count). The van der Waals surface area contributed by atoms with Crippen LogP contribution in [0.4, 0.5) is 5.13 Å². The number of nitrogens with zero attached hydrogens (tertiary/aromatic N) is 3. The summed E-state index contributed by atoms with van der Waals surface area (Å²) in [7, 11) is 1.82. The van der Waals surface area contributed by atoms with Gasteiger partial charge in [0.05, 0.1) is 6.20 Å². The zero-order chi connectivity index (χ0) is 15.5. The second-order valence-electron chi connectivity index (χ2n) is 4.72. The minimum absolute atomic E-state index is 0.236. The van der Waals surface area contributed by atoms with Gasteiger partial charge in [-0.25, -0.2) is 4.98 Å². The third-order valence-corrected chi connectivity index (χ3v) is 3.64. The van der Waals surface area contributed by atoms with Gasteiger partial charge in [0.15, 0.2) is 10.9 Å². The van der Waals surface area contributed by atoms with Crippen LogP contribution in [-0.2, 0) is 11.8 Å². The molecule has 1 N–H and O–H groups in total. The van der Waals surface area contributed by atoms with Gasteiger partial charge in [-0.3, -0.25) is 14.8 Å². The summed E-state index contributed by atoms with van der Waals surface area (Å²) >= 11 is 1.35. The van der Waals surface area contributed by atoms with Crippen molar-refractivity contribution in [2.45, 2.75) is 6.92 Å². The van der Waals surface area contributed by atoms with Crippen molar-refractivity contribution < 1.29 is 9.21 Å². The Bertz CT molecular complexity index is 828. The van der Waals surface area contributed by atoms with Crippen molar-refractivity contribution in [3.63, 3.8) is 0 Å². The quantitative estimate of drug-likeness (QED) is 0.751. The molecule has 3 heterocycles. The standard InChI is InChI=1S/C15H14N4O2S/c1-10-3-5-13(21-10)12-9-22-15(17-12)18-14(20)6-4-11-7-16-19(2)8-11/h3-9H,1-2H3,(H,17,18,20). The fourth-order valence-electron chi connectivity index (χ4n) is 1.86. The van der Waals surface area contributed by atoms with E-state index in [-0.39, 0.29) is 5.91 Å². The first-order valence-corrected chi connectivity index (χ1v) is 7.48. The van der Waals surface area contributed by atoms with Gasteiger partial charge in [0.1, 0.15) is 11.5 Å². The molecular formula is C15H14N4O2S. The first-order valence-electron chi connectivity index (χ1n) is 6.60. The average molecular weight is 314 g/mol. The van der Waals surface area contributed by atoms with Crippen LogP contribution in [0.5, 0.6) is 0 Å². The van der Waals surface area contributed by atoms with Gasteiger partial charge in [-0.05, 0) is 25.1 Å². The number of thiazole rings is 1. The van der Waals surface area contributed by atoms with Gasteiger partial charge in [-0.1, -0.05) is 0 Å². The van der Waals surface area contributed by atoms with Crippen molar-refractivity contribution in [1.29, 1.82) is 0 Å². The van der Waals surface area contributed by atoms with Crippen LogP contribution in [0, 0.1) is 6.92 Å². The van der Waals surface area contributed by atoms with Gasteiger partial charge < -0.3 is 4.42 Å². The summed E-state index contributed by atoms with van der Waals surface area (Å²) in [5.74, 6) is 1.29. The molecule has 0 aliphatic carbocycles. The summed E-state index contributed by atoms with van der Waals surface area (Å²) in [4.78, 5) is 16.2. The van der Waals surface area contributed by atoms with Crippen molar-refractivity contribution in [3.8, 4) is 11.5 Å². The molecule has 7 heteroatoms. The SMILES string of the molecule is Cc1ccc(-c2csc(NC(=O)C=Cc3cnn(C)c3)n2)o1. The van der Waals surface area contributed by atoms with E-state index in [1.54, 1.807) is 17.0 Å². The molecule has 0 saturated heterocycles. The molecule has 0 saturated carbocycles. The van der Waals surface area contributed by atoms with Crippen LogP contribution < -0.4 is 5.32 Å². The molecule has 0 aliphatic rings. The van der Waals surface area contributed by atoms with E-state index in [2.05, 4.69) is 15.4 Å². The van der Waals surface area contributed by atoms with Gasteiger partial charge in [0, 0.05) is 30.3 Å². The van der Waals surface area contributed by atoms with Crippen molar-refractivity contribution in [3.05, 3.63) is 47.3 Å². The zero-order valence-corrected chi connectivity index (χ0v) is 12.9. The van der Waals surface area contributed by atoms with Crippen LogP contribution in [0.15, 0.2) is 40.4 Å². The third-order valence-electron chi connectivity index (χ3n) is 2.88. The number of nitrogens with one attached hydrogen (secondary N) is 1. The van der Waals surface area contributed by atoms with Gasteiger partial charge >= 0.3 is 0 Å². The van der Waals surface area contributed by atoms with Crippen molar-refractivity contribution in [2.75, 3.05) is 5.32 Å². The highest BCUT2D eigenvalue weighted by atomic mass is 32.1. The number of aryl methyl sites for hydroxylation is 2. The van der Waals surface area contributed by atoms with E-state index >= 15 is 0 Å². The van der Waals surface area contributed by atoms with Crippen LogP contribution in [-0.4, -0.2) is 20.7 Å². The minimum atomic E-state index is -0.236. The molecule has 0 aromatic carbocycles. The molecule has 0 radical (unpaired) electrons. The molecule has 0 bridgehead atoms. The van der Waals surface area contributed by atoms with Crippen molar-refractivity contribution in [1.82, 2.24) is 14.8 Å². The molecule has 112 valence electrons. The fraction of sp³-hybridized carbons (Fsp3) is 0.133. The summed E-state index contributed by atoms with van der Waals surface area (Å²) in [6.45, 7) is 1.88. The molecular weight excluding hydrogens is 300 g/mol. The van der Waals surface area contributed by atoms with E-state index in [1.807, 2.05) is 37.7 Å². The van der Waals surface area contributed by atoms with Crippen LogP contribution >= 0.6 is 11.3 Å². The van der Waals surface area contributed by atoms with Crippen LogP contribution in [0.2, 0.25) is 0 Å². The Morgan fingerprint density at radius 3 is 3.00 bits per heavy atom. The van der Waals surface area contributed by atoms with Crippen molar-refractivity contribution in [2.24, 2.45) is 7.05 Å². The normalized spacial score (nSPS) is 11.2. The lowest BCUT2D eigenvalue weighted by Gasteiger charge is -1.95. The predicted molar refractivity (Wildman–Crippen MR) is 85.4 cm³/mol. The zero-order valence-electron chi connectivity index (χ0n) is 12.1. The Morgan fingerprint density at radius 1 is 1.45 bits per heavy atom. The maximum atomic E-state index is 11.9. The molecule has 0 unspecified atom stereocenters. The maximum absolute atomic E-state index is 11.9. The van der Waals surface area contributed by atoms with Crippen LogP contribution in [0.1, 0.15) is 11.3 Å². The largest absolute Gasteiger partial charge is 0.460 e. The summed E-state index contributed by atoms with van der Waals surface area (Å²) in [6, 6.07) is 3.74. The lowest BCUT2D eigenvalue weighted by atomic mass is 10.3. The Kier molecular flexibility index (Phi) is 3.88. The Labute approximate surface area is 131 Å². The highest BCUT2D eigenvalue weighted by Crippen LogP contribution is 2.26. The number of carbonyl (C=O) groups excluding carboxylic acids is 1. The second kappa shape index (κ2) is 5.98. The van der Waals surface area contributed by atoms with Gasteiger partial charge in [-0.2, -0.15) is 5.10 Å². The first-order chi connectivity index (χ1) is 10.6. The second-order valence-corrected chi connectivity index (χ2v) is 5.58. The number of carbonyl (C=O) groups is 1. The summed E-state index contributed by atoms with van der Waals surface area (Å²) in [5, 5.41) is 9.14. The van der Waals surface area contributed by atoms with Gasteiger partial charge in [0.2, 0.25) is 5.91 Å². The first kappa shape index (κ1) is 14.3. The number of amides is 1. The Morgan fingerprint density at radius 2 is 2.32 bits per heavy atom. The van der Waals surface area contributed by atoms with Gasteiger partial charge in [-0.15, -0.1) is 11.3 Å². The molecule has 0 spiro atoms. The molecule has 6 nitrogen and oxygen atoms in total. The molecule has 0 aliphatic heterocycles. The Hall–Kier alpha value is -2.67. The van der Waals surface area contributed by atoms with E-state index in [9.17, 15) is 4.79 Å². The molecule has 0 fully saturated rings. The maximum Gasteiger partial charge on any atom is 0.250 e. The number of rotatable bonds is 4. The van der Waals surface area contributed by atoms with E-state index in [0.717, 1.165) is 11.3 Å². The monoisotopic (exact) mass is 314 g/mol. The number of hydrogen-bond donors (Lipinski definition) is 1. The van der Waals surface area contributed by atoms with E-state index in [0.29, 0.717) is 16.6 Å². The molecule has 22 heavy (non-hydrogen) atoms. The third kappa shape index (κ3) is 3.32. The summed E-state index contributed by atoms with van der Waals surface area (Å²) < 4.78 is 7.18. The van der Waals surface area contributed by atoms with E-state index in [4.69, 9.17) is 4.42 Å². The van der Waals surface area contributed by atoms with Gasteiger partial charge in [0.25, 0.3) is 0 Å². The van der Waals surface area contributed by atoms with Crippen LogP contribution in [0.25, 0.3) is 17.5 Å². The highest BCUT2D eigenvalue weighted by molar-refractivity contribution is 7.14. The summed E-state index contributed by atoms with van der Waals surface area (Å²) in [5.41, 5.74) is 1.58. The molecule has 1 amide bonds. The lowest BCUT2D eigenvalue weighted by Crippen LogP contribution is -2.07. The predicted octanol–water partition coefficient (Wildman–Crippen LogP) is 3.10. The van der Waals surface area contributed by atoms with E-state index in [1.165, 1.54) is 17.4 Å². The highest BCUT2D eigenvalue weighted by Gasteiger charge is 2.09. The number of furan rings is 1. The van der Waals surface area contributed by atoms with Crippen molar-refractivity contribution >= 4 is 28.5 Å². The Balaban J connectivity index is 1.64. The van der Waals surface area contributed by atoms with E-state index < -0.39 is 0 Å². The summed E-state index contributed by atoms with van der Waals surface area (Å²) in [6.07, 6.45) is 6.66. The smallest absolute Gasteiger partial charge is 0.250 e. The number of aromatic nitrogens is 3. The molecule has 0 atom stereocenters. The topological polar surface area (TPSA) is 73.0 Å². The number of anilines is 1. The lowest BCUT2D eigenvalue weighted by molar-refractivity contribution is -0.111. The number of hydrogen-bond acceptors (Lipinski definition) is 5. The molecule has 3 aromatic rings. The van der Waals surface area contributed by atoms with Crippen LogP contribution in [0.3, 0.4) is 0 Å². The minimum Gasteiger partial charge on any atom is -0.460 e. The molecule has 3 aromatic heterocycles.